The number of nitrogens with zero attached hydrogens (tertiary/aromatic N) is 1. The molecule has 0 saturated carbocycles. The predicted octanol–water partition coefficient (Wildman–Crippen LogP) is 1.02. The Morgan fingerprint density at radius 2 is 2.10 bits per heavy atom. The van der Waals surface area contributed by atoms with Gasteiger partial charge in [-0.2, -0.15) is 0 Å². The van der Waals surface area contributed by atoms with Crippen molar-refractivity contribution in [2.24, 2.45) is 11.1 Å². The topological polar surface area (TPSA) is 83.6 Å². The fraction of sp³-hybridized carbons (Fsp3) is 0.500. The molecule has 2 aliphatic rings. The number of carboxylic acid groups (broad SMARTS) is 1. The minimum Gasteiger partial charge on any atom is -0.480 e. The van der Waals surface area contributed by atoms with Crippen LogP contribution in [-0.4, -0.2) is 40.5 Å². The maximum atomic E-state index is 12.7. The summed E-state index contributed by atoms with van der Waals surface area (Å²) >= 11 is 0. The molecule has 5 nitrogen and oxygen atoms in total. The van der Waals surface area contributed by atoms with E-state index in [1.54, 1.807) is 4.90 Å². The number of hydrogen-bond acceptors (Lipinski definition) is 3. The van der Waals surface area contributed by atoms with Crippen LogP contribution in [0.25, 0.3) is 0 Å². The fourth-order valence-corrected chi connectivity index (χ4v) is 3.67. The van der Waals surface area contributed by atoms with E-state index in [2.05, 4.69) is 0 Å². The number of carbonyl (C=O) groups excluding carboxylic acids is 1. The standard InChI is InChI=1S/C16H20N2O3/c17-12-7-4-8-18-13(12)10-16(14(18)19,15(20)21)9-11-5-2-1-3-6-11/h1-3,5-6,12-13H,4,7-10,17H2,(H,20,21)/t12-,13?,16?/m0/s1. The molecule has 3 N–H and O–H groups in total. The van der Waals surface area contributed by atoms with Gasteiger partial charge in [-0.25, -0.2) is 0 Å². The van der Waals surface area contributed by atoms with Gasteiger partial charge in [-0.3, -0.25) is 9.59 Å². The highest BCUT2D eigenvalue weighted by Crippen LogP contribution is 2.42. The molecule has 1 aromatic carbocycles. The summed E-state index contributed by atoms with van der Waals surface area (Å²) in [6, 6.07) is 9.11. The van der Waals surface area contributed by atoms with E-state index in [4.69, 9.17) is 5.73 Å². The summed E-state index contributed by atoms with van der Waals surface area (Å²) in [6.45, 7) is 0.626. The van der Waals surface area contributed by atoms with E-state index in [0.29, 0.717) is 13.0 Å². The van der Waals surface area contributed by atoms with Crippen molar-refractivity contribution in [1.29, 1.82) is 0 Å². The number of hydrogen-bond donors (Lipinski definition) is 2. The summed E-state index contributed by atoms with van der Waals surface area (Å²) in [5, 5.41) is 9.74. The Morgan fingerprint density at radius 3 is 2.71 bits per heavy atom. The van der Waals surface area contributed by atoms with Crippen molar-refractivity contribution in [1.82, 2.24) is 4.90 Å². The van der Waals surface area contributed by atoms with Gasteiger partial charge in [0.15, 0.2) is 5.41 Å². The van der Waals surface area contributed by atoms with Crippen LogP contribution in [0, 0.1) is 5.41 Å². The Bertz CT molecular complexity index is 560. The Hall–Kier alpha value is -1.88. The number of carboxylic acids is 1. The van der Waals surface area contributed by atoms with Gasteiger partial charge in [0.25, 0.3) is 0 Å². The molecule has 2 unspecified atom stereocenters. The van der Waals surface area contributed by atoms with Gasteiger partial charge in [-0.05, 0) is 31.2 Å². The summed E-state index contributed by atoms with van der Waals surface area (Å²) < 4.78 is 0. The van der Waals surface area contributed by atoms with Crippen LogP contribution in [0.5, 0.6) is 0 Å². The molecule has 0 spiro atoms. The lowest BCUT2D eigenvalue weighted by molar-refractivity contribution is -0.156. The fourth-order valence-electron chi connectivity index (χ4n) is 3.67. The van der Waals surface area contributed by atoms with E-state index in [1.807, 2.05) is 30.3 Å². The predicted molar refractivity (Wildman–Crippen MR) is 77.5 cm³/mol. The third kappa shape index (κ3) is 2.21. The summed E-state index contributed by atoms with van der Waals surface area (Å²) in [6.07, 6.45) is 2.26. The smallest absolute Gasteiger partial charge is 0.319 e. The zero-order valence-electron chi connectivity index (χ0n) is 11.9. The van der Waals surface area contributed by atoms with Gasteiger partial charge in [0, 0.05) is 18.6 Å². The second-order valence-corrected chi connectivity index (χ2v) is 6.13. The lowest BCUT2D eigenvalue weighted by atomic mass is 9.78. The number of aliphatic carboxylic acids is 1. The minimum atomic E-state index is -1.35. The Morgan fingerprint density at radius 1 is 1.38 bits per heavy atom. The molecule has 0 radical (unpaired) electrons. The molecule has 0 aliphatic carbocycles. The van der Waals surface area contributed by atoms with Crippen LogP contribution in [0.15, 0.2) is 30.3 Å². The summed E-state index contributed by atoms with van der Waals surface area (Å²) in [5.74, 6) is -1.29. The van der Waals surface area contributed by atoms with E-state index in [0.717, 1.165) is 18.4 Å². The van der Waals surface area contributed by atoms with Crippen LogP contribution in [-0.2, 0) is 16.0 Å². The number of nitrogens with two attached hydrogens (primary N) is 1. The highest BCUT2D eigenvalue weighted by molar-refractivity contribution is 6.04. The van der Waals surface area contributed by atoms with Crippen molar-refractivity contribution in [2.75, 3.05) is 6.54 Å². The van der Waals surface area contributed by atoms with Gasteiger partial charge in [0.2, 0.25) is 5.91 Å². The number of rotatable bonds is 3. The van der Waals surface area contributed by atoms with Gasteiger partial charge in [0.05, 0.1) is 0 Å². The van der Waals surface area contributed by atoms with Crippen LogP contribution in [0.4, 0.5) is 0 Å². The molecule has 112 valence electrons. The zero-order valence-corrected chi connectivity index (χ0v) is 11.9. The van der Waals surface area contributed by atoms with Crippen LogP contribution < -0.4 is 5.73 Å². The Balaban J connectivity index is 1.95. The number of piperidine rings is 1. The first-order valence-corrected chi connectivity index (χ1v) is 7.38. The molecule has 21 heavy (non-hydrogen) atoms. The van der Waals surface area contributed by atoms with E-state index < -0.39 is 11.4 Å². The Kier molecular flexibility index (Phi) is 3.45. The van der Waals surface area contributed by atoms with Crippen molar-refractivity contribution in [2.45, 2.75) is 37.8 Å². The zero-order chi connectivity index (χ0) is 15.0. The van der Waals surface area contributed by atoms with Gasteiger partial charge in [-0.1, -0.05) is 30.3 Å². The molecule has 2 aliphatic heterocycles. The quantitative estimate of drug-likeness (QED) is 0.813. The molecular weight excluding hydrogens is 268 g/mol. The van der Waals surface area contributed by atoms with Crippen LogP contribution >= 0.6 is 0 Å². The molecule has 1 aromatic rings. The monoisotopic (exact) mass is 288 g/mol. The maximum Gasteiger partial charge on any atom is 0.319 e. The van der Waals surface area contributed by atoms with Gasteiger partial charge >= 0.3 is 5.97 Å². The Labute approximate surface area is 123 Å². The van der Waals surface area contributed by atoms with E-state index in [9.17, 15) is 14.7 Å². The van der Waals surface area contributed by atoms with Crippen molar-refractivity contribution in [3.63, 3.8) is 0 Å². The van der Waals surface area contributed by atoms with Crippen molar-refractivity contribution in [3.8, 4) is 0 Å². The molecule has 2 saturated heterocycles. The van der Waals surface area contributed by atoms with Crippen LogP contribution in [0.2, 0.25) is 0 Å². The molecule has 2 fully saturated rings. The average molecular weight is 288 g/mol. The number of fused-ring (bicyclic) bond motifs is 1. The third-order valence-corrected chi connectivity index (χ3v) is 4.82. The molecule has 1 amide bonds. The molecule has 3 atom stereocenters. The first-order valence-electron chi connectivity index (χ1n) is 7.38. The van der Waals surface area contributed by atoms with Gasteiger partial charge in [-0.15, -0.1) is 0 Å². The highest BCUT2D eigenvalue weighted by atomic mass is 16.4. The normalized spacial score (nSPS) is 32.0. The van der Waals surface area contributed by atoms with Crippen LogP contribution in [0.1, 0.15) is 24.8 Å². The molecule has 2 heterocycles. The molecule has 0 bridgehead atoms. The largest absolute Gasteiger partial charge is 0.480 e. The molecular formula is C16H20N2O3. The van der Waals surface area contributed by atoms with Crippen molar-refractivity contribution in [3.05, 3.63) is 35.9 Å². The summed E-state index contributed by atoms with van der Waals surface area (Å²) in [7, 11) is 0. The number of benzene rings is 1. The molecule has 3 rings (SSSR count). The first kappa shape index (κ1) is 14.1. The minimum absolute atomic E-state index is 0.111. The van der Waals surface area contributed by atoms with Gasteiger partial charge < -0.3 is 15.7 Å². The second-order valence-electron chi connectivity index (χ2n) is 6.13. The maximum absolute atomic E-state index is 12.7. The number of carbonyl (C=O) groups is 2. The third-order valence-electron chi connectivity index (χ3n) is 4.82. The molecule has 5 heteroatoms. The average Bonchev–Trinajstić information content (AvgIpc) is 2.76. The van der Waals surface area contributed by atoms with E-state index in [1.165, 1.54) is 0 Å². The number of amides is 1. The summed E-state index contributed by atoms with van der Waals surface area (Å²) in [5.41, 5.74) is 5.63. The lowest BCUT2D eigenvalue weighted by Gasteiger charge is -2.34. The SMILES string of the molecule is N[C@H]1CCCN2C(=O)C(Cc3ccccc3)(C(=O)O)CC12. The van der Waals surface area contributed by atoms with Crippen molar-refractivity contribution < 1.29 is 14.7 Å². The van der Waals surface area contributed by atoms with Crippen LogP contribution in [0.3, 0.4) is 0 Å². The van der Waals surface area contributed by atoms with Gasteiger partial charge in [0.1, 0.15) is 0 Å². The first-order chi connectivity index (χ1) is 10.0. The summed E-state index contributed by atoms with van der Waals surface area (Å²) in [4.78, 5) is 26.3. The molecule has 0 aromatic heterocycles. The van der Waals surface area contributed by atoms with Crippen molar-refractivity contribution >= 4 is 11.9 Å². The van der Waals surface area contributed by atoms with E-state index in [-0.39, 0.29) is 24.4 Å². The highest BCUT2D eigenvalue weighted by Gasteiger charge is 2.58. The lowest BCUT2D eigenvalue weighted by Crippen LogP contribution is -2.50. The van der Waals surface area contributed by atoms with E-state index >= 15 is 0 Å². The second kappa shape index (κ2) is 5.15.